The molecule has 0 unspecified atom stereocenters. The molecule has 94 valence electrons. The number of carboxylic acid groups (broad SMARTS) is 1. The van der Waals surface area contributed by atoms with Gasteiger partial charge in [0.2, 0.25) is 0 Å². The Labute approximate surface area is 104 Å². The lowest BCUT2D eigenvalue weighted by Gasteiger charge is -2.10. The highest BCUT2D eigenvalue weighted by molar-refractivity contribution is 5.91. The first-order valence-electron chi connectivity index (χ1n) is 5.43. The lowest BCUT2D eigenvalue weighted by Crippen LogP contribution is -2.02. The van der Waals surface area contributed by atoms with E-state index in [1.807, 2.05) is 24.5 Å². The van der Waals surface area contributed by atoms with Gasteiger partial charge in [-0.25, -0.2) is 4.79 Å². The maximum absolute atomic E-state index is 10.8. The average Bonchev–Trinajstić information content (AvgIpc) is 2.52. The lowest BCUT2D eigenvalue weighted by atomic mass is 10.2. The normalized spacial score (nSPS) is 10.6. The molecule has 0 aliphatic rings. The Balaban J connectivity index is 2.59. The van der Waals surface area contributed by atoms with Crippen molar-refractivity contribution in [2.75, 3.05) is 5.73 Å². The number of aromatic carboxylic acids is 1. The fourth-order valence-corrected chi connectivity index (χ4v) is 2.02. The van der Waals surface area contributed by atoms with Crippen molar-refractivity contribution < 1.29 is 15.0 Å². The summed E-state index contributed by atoms with van der Waals surface area (Å²) in [5, 5.41) is 18.5. The zero-order chi connectivity index (χ0) is 13.4. The van der Waals surface area contributed by atoms with E-state index in [1.165, 1.54) is 12.1 Å². The number of rotatable bonds is 2. The molecule has 0 spiro atoms. The van der Waals surface area contributed by atoms with E-state index in [9.17, 15) is 9.90 Å². The number of phenols is 1. The molecule has 0 bridgehead atoms. The number of carboxylic acids is 1. The first-order chi connectivity index (χ1) is 8.41. The summed E-state index contributed by atoms with van der Waals surface area (Å²) in [6, 6.07) is 6.27. The van der Waals surface area contributed by atoms with Crippen LogP contribution >= 0.6 is 0 Å². The smallest absolute Gasteiger partial charge is 0.339 e. The Hall–Kier alpha value is -2.43. The maximum Gasteiger partial charge on any atom is 0.339 e. The summed E-state index contributed by atoms with van der Waals surface area (Å²) >= 11 is 0. The zero-order valence-electron chi connectivity index (χ0n) is 10.1. The van der Waals surface area contributed by atoms with Crippen molar-refractivity contribution in [1.82, 2.24) is 4.57 Å². The van der Waals surface area contributed by atoms with Crippen molar-refractivity contribution in [3.63, 3.8) is 0 Å². The summed E-state index contributed by atoms with van der Waals surface area (Å²) in [4.78, 5) is 10.8. The Morgan fingerprint density at radius 1 is 1.28 bits per heavy atom. The summed E-state index contributed by atoms with van der Waals surface area (Å²) in [5.74, 6) is -1.41. The van der Waals surface area contributed by atoms with Crippen LogP contribution in [0.25, 0.3) is 5.69 Å². The van der Waals surface area contributed by atoms with Crippen LogP contribution in [0.2, 0.25) is 0 Å². The highest BCUT2D eigenvalue weighted by Gasteiger charge is 2.13. The van der Waals surface area contributed by atoms with Gasteiger partial charge in [-0.1, -0.05) is 0 Å². The molecule has 0 aliphatic carbocycles. The lowest BCUT2D eigenvalue weighted by molar-refractivity contribution is 0.0694. The van der Waals surface area contributed by atoms with E-state index in [0.717, 1.165) is 11.4 Å². The predicted octanol–water partition coefficient (Wildman–Crippen LogP) is 2.08. The third-order valence-corrected chi connectivity index (χ3v) is 2.94. The van der Waals surface area contributed by atoms with Gasteiger partial charge in [-0.05, 0) is 32.0 Å². The molecule has 0 amide bonds. The van der Waals surface area contributed by atoms with Gasteiger partial charge in [-0.2, -0.15) is 0 Å². The number of anilines is 1. The zero-order valence-corrected chi connectivity index (χ0v) is 10.1. The van der Waals surface area contributed by atoms with E-state index < -0.39 is 5.97 Å². The van der Waals surface area contributed by atoms with E-state index in [-0.39, 0.29) is 11.3 Å². The van der Waals surface area contributed by atoms with Crippen LogP contribution in [0, 0.1) is 13.8 Å². The first kappa shape index (κ1) is 12.0. The Morgan fingerprint density at radius 3 is 2.39 bits per heavy atom. The van der Waals surface area contributed by atoms with Crippen LogP contribution < -0.4 is 5.73 Å². The second-order valence-corrected chi connectivity index (χ2v) is 4.17. The van der Waals surface area contributed by atoms with Gasteiger partial charge in [0, 0.05) is 23.1 Å². The van der Waals surface area contributed by atoms with Crippen LogP contribution in [0.5, 0.6) is 5.75 Å². The Morgan fingerprint density at radius 2 is 1.94 bits per heavy atom. The minimum absolute atomic E-state index is 0.116. The summed E-state index contributed by atoms with van der Waals surface area (Å²) in [6.45, 7) is 3.76. The predicted molar refractivity (Wildman–Crippen MR) is 68.3 cm³/mol. The Kier molecular flexibility index (Phi) is 2.74. The van der Waals surface area contributed by atoms with Gasteiger partial charge in [0.25, 0.3) is 0 Å². The maximum atomic E-state index is 10.8. The molecule has 5 heteroatoms. The summed E-state index contributed by atoms with van der Waals surface area (Å²) < 4.78 is 1.86. The minimum Gasteiger partial charge on any atom is -0.507 e. The highest BCUT2D eigenvalue weighted by Crippen LogP contribution is 2.26. The minimum atomic E-state index is -1.15. The third-order valence-electron chi connectivity index (χ3n) is 2.94. The van der Waals surface area contributed by atoms with Crippen molar-refractivity contribution in [2.24, 2.45) is 0 Å². The number of aromatic nitrogens is 1. The number of hydrogen-bond acceptors (Lipinski definition) is 3. The van der Waals surface area contributed by atoms with Crippen LogP contribution in [0.1, 0.15) is 21.7 Å². The molecular weight excluding hydrogens is 232 g/mol. The number of nitrogen functional groups attached to an aromatic ring is 1. The topological polar surface area (TPSA) is 88.5 Å². The molecule has 0 aliphatic heterocycles. The van der Waals surface area contributed by atoms with E-state index in [4.69, 9.17) is 10.8 Å². The molecule has 2 aromatic rings. The second-order valence-electron chi connectivity index (χ2n) is 4.17. The van der Waals surface area contributed by atoms with Gasteiger partial charge >= 0.3 is 5.97 Å². The molecule has 0 radical (unpaired) electrons. The molecule has 4 N–H and O–H groups in total. The average molecular weight is 246 g/mol. The van der Waals surface area contributed by atoms with Crippen molar-refractivity contribution in [3.05, 3.63) is 41.2 Å². The number of nitrogens with two attached hydrogens (primary N) is 1. The largest absolute Gasteiger partial charge is 0.507 e. The quantitative estimate of drug-likeness (QED) is 0.756. The molecule has 1 aromatic carbocycles. The van der Waals surface area contributed by atoms with Crippen LogP contribution in [0.3, 0.4) is 0 Å². The van der Waals surface area contributed by atoms with Gasteiger partial charge in [0.05, 0.1) is 5.69 Å². The molecule has 2 rings (SSSR count). The van der Waals surface area contributed by atoms with Crippen molar-refractivity contribution in [2.45, 2.75) is 13.8 Å². The third kappa shape index (κ3) is 1.79. The van der Waals surface area contributed by atoms with E-state index in [0.29, 0.717) is 11.4 Å². The molecule has 0 fully saturated rings. The van der Waals surface area contributed by atoms with Crippen LogP contribution in [-0.2, 0) is 0 Å². The van der Waals surface area contributed by atoms with Crippen LogP contribution in [0.15, 0.2) is 24.3 Å². The molecule has 0 atom stereocenters. The number of aryl methyl sites for hydroxylation is 1. The number of nitrogens with zero attached hydrogens (tertiary/aromatic N) is 1. The molecule has 0 saturated heterocycles. The van der Waals surface area contributed by atoms with Gasteiger partial charge < -0.3 is 20.5 Å². The summed E-state index contributed by atoms with van der Waals surface area (Å²) in [5.41, 5.74) is 8.83. The monoisotopic (exact) mass is 246 g/mol. The Bertz CT molecular complexity index is 629. The highest BCUT2D eigenvalue weighted by atomic mass is 16.4. The SMILES string of the molecule is Cc1cc(N)c(C)n1-c1ccc(C(=O)O)c(O)c1. The van der Waals surface area contributed by atoms with Crippen molar-refractivity contribution in [1.29, 1.82) is 0 Å². The number of aromatic hydroxyl groups is 1. The standard InChI is InChI=1S/C13H14N2O3/c1-7-5-11(14)8(2)15(7)9-3-4-10(13(17)18)12(16)6-9/h3-6,16H,14H2,1-2H3,(H,17,18). The van der Waals surface area contributed by atoms with Gasteiger partial charge in [-0.3, -0.25) is 0 Å². The molecular formula is C13H14N2O3. The molecule has 1 aromatic heterocycles. The molecule has 1 heterocycles. The van der Waals surface area contributed by atoms with E-state index in [1.54, 1.807) is 6.07 Å². The number of carbonyl (C=O) groups is 1. The van der Waals surface area contributed by atoms with E-state index >= 15 is 0 Å². The van der Waals surface area contributed by atoms with Gasteiger partial charge in [-0.15, -0.1) is 0 Å². The number of benzene rings is 1. The summed E-state index contributed by atoms with van der Waals surface area (Å²) in [7, 11) is 0. The van der Waals surface area contributed by atoms with Crippen molar-refractivity contribution in [3.8, 4) is 11.4 Å². The van der Waals surface area contributed by atoms with Crippen molar-refractivity contribution >= 4 is 11.7 Å². The molecule has 0 saturated carbocycles. The second kappa shape index (κ2) is 4.10. The fourth-order valence-electron chi connectivity index (χ4n) is 2.02. The summed E-state index contributed by atoms with van der Waals surface area (Å²) in [6.07, 6.45) is 0. The number of hydrogen-bond donors (Lipinski definition) is 3. The molecule has 18 heavy (non-hydrogen) atoms. The fraction of sp³-hybridized carbons (Fsp3) is 0.154. The van der Waals surface area contributed by atoms with Crippen LogP contribution in [0.4, 0.5) is 5.69 Å². The van der Waals surface area contributed by atoms with Gasteiger partial charge in [0.15, 0.2) is 0 Å². The molecule has 5 nitrogen and oxygen atoms in total. The van der Waals surface area contributed by atoms with Gasteiger partial charge in [0.1, 0.15) is 11.3 Å². The first-order valence-corrected chi connectivity index (χ1v) is 5.43. The van der Waals surface area contributed by atoms with E-state index in [2.05, 4.69) is 0 Å². The van der Waals surface area contributed by atoms with Crippen LogP contribution in [-0.4, -0.2) is 20.7 Å².